The van der Waals surface area contributed by atoms with Crippen molar-refractivity contribution in [3.8, 4) is 22.8 Å². The number of hydrogen-bond acceptors (Lipinski definition) is 7. The van der Waals surface area contributed by atoms with Gasteiger partial charge in [-0.25, -0.2) is 13.4 Å². The Bertz CT molecular complexity index is 1210. The summed E-state index contributed by atoms with van der Waals surface area (Å²) in [5.74, 6) is 0.856. The van der Waals surface area contributed by atoms with Crippen LogP contribution < -0.4 is 14.4 Å². The number of sulfone groups is 1. The summed E-state index contributed by atoms with van der Waals surface area (Å²) in [6.07, 6.45) is 1.09. The Balaban J connectivity index is 1.50. The minimum atomic E-state index is -3.54. The minimum absolute atomic E-state index is 0.198. The summed E-state index contributed by atoms with van der Waals surface area (Å²) in [5, 5.41) is 2.56. The molecule has 0 atom stereocenters. The van der Waals surface area contributed by atoms with Crippen LogP contribution in [0.25, 0.3) is 11.3 Å². The van der Waals surface area contributed by atoms with Crippen molar-refractivity contribution in [2.45, 2.75) is 36.8 Å². The number of benzene rings is 2. The number of thiazole rings is 1. The first kappa shape index (κ1) is 22.6. The average molecular weight is 473 g/mol. The highest BCUT2D eigenvalue weighted by molar-refractivity contribution is 7.92. The SMILES string of the molecule is COc1ccc(OC)c(S(=O)(=O)C2CCN(c3nc(-c4cc(C)ccc4C)cs3)CC2)c1. The highest BCUT2D eigenvalue weighted by Crippen LogP contribution is 2.36. The zero-order valence-electron chi connectivity index (χ0n) is 18.8. The standard InChI is InChI=1S/C24H28N2O4S2/c1-16-5-6-17(2)20(13-16)21-15-31-24(25-21)26-11-9-19(10-12-26)32(27,28)23-14-18(29-3)7-8-22(23)30-4/h5-8,13-15,19H,9-12H2,1-4H3. The van der Waals surface area contributed by atoms with E-state index in [9.17, 15) is 8.42 Å². The molecule has 6 nitrogen and oxygen atoms in total. The quantitative estimate of drug-likeness (QED) is 0.509. The van der Waals surface area contributed by atoms with E-state index in [0.29, 0.717) is 37.4 Å². The Hall–Kier alpha value is -2.58. The number of aryl methyl sites for hydroxylation is 2. The molecule has 1 saturated heterocycles. The van der Waals surface area contributed by atoms with Crippen LogP contribution in [0.4, 0.5) is 5.13 Å². The molecule has 4 rings (SSSR count). The molecule has 0 saturated carbocycles. The lowest BCUT2D eigenvalue weighted by molar-refractivity contribution is 0.391. The second-order valence-corrected chi connectivity index (χ2v) is 11.1. The second-order valence-electron chi connectivity index (χ2n) is 8.08. The second kappa shape index (κ2) is 9.11. The van der Waals surface area contributed by atoms with E-state index in [2.05, 4.69) is 42.3 Å². The maximum absolute atomic E-state index is 13.4. The zero-order chi connectivity index (χ0) is 22.9. The molecule has 1 aliphatic rings. The lowest BCUT2D eigenvalue weighted by atomic mass is 10.0. The Morgan fingerprint density at radius 1 is 1.03 bits per heavy atom. The third-order valence-corrected chi connectivity index (χ3v) is 9.17. The number of nitrogens with zero attached hydrogens (tertiary/aromatic N) is 2. The van der Waals surface area contributed by atoms with Crippen molar-refractivity contribution in [3.05, 3.63) is 52.9 Å². The van der Waals surface area contributed by atoms with Gasteiger partial charge in [-0.1, -0.05) is 17.7 Å². The van der Waals surface area contributed by atoms with E-state index < -0.39 is 15.1 Å². The Morgan fingerprint density at radius 2 is 1.78 bits per heavy atom. The predicted octanol–water partition coefficient (Wildman–Crippen LogP) is 4.89. The van der Waals surface area contributed by atoms with Gasteiger partial charge in [-0.2, -0.15) is 0 Å². The van der Waals surface area contributed by atoms with E-state index in [1.54, 1.807) is 29.5 Å². The minimum Gasteiger partial charge on any atom is -0.497 e. The highest BCUT2D eigenvalue weighted by atomic mass is 32.2. The van der Waals surface area contributed by atoms with Crippen molar-refractivity contribution in [3.63, 3.8) is 0 Å². The largest absolute Gasteiger partial charge is 0.497 e. The number of methoxy groups -OCH3 is 2. The van der Waals surface area contributed by atoms with Crippen LogP contribution in [-0.2, 0) is 9.84 Å². The molecule has 1 aliphatic heterocycles. The molecule has 8 heteroatoms. The molecular weight excluding hydrogens is 444 g/mol. The Kier molecular flexibility index (Phi) is 6.44. The summed E-state index contributed by atoms with van der Waals surface area (Å²) < 4.78 is 37.3. The van der Waals surface area contributed by atoms with Crippen LogP contribution in [0, 0.1) is 13.8 Å². The monoisotopic (exact) mass is 472 g/mol. The molecule has 170 valence electrons. The van der Waals surface area contributed by atoms with Crippen molar-refractivity contribution in [1.29, 1.82) is 0 Å². The average Bonchev–Trinajstić information content (AvgIpc) is 3.30. The summed E-state index contributed by atoms with van der Waals surface area (Å²) >= 11 is 1.61. The van der Waals surface area contributed by atoms with Gasteiger partial charge in [0, 0.05) is 30.1 Å². The van der Waals surface area contributed by atoms with E-state index in [0.717, 1.165) is 16.4 Å². The summed E-state index contributed by atoms with van der Waals surface area (Å²) in [5.41, 5.74) is 4.53. The van der Waals surface area contributed by atoms with Crippen LogP contribution in [0.1, 0.15) is 24.0 Å². The number of anilines is 1. The molecular formula is C24H28N2O4S2. The molecule has 2 aromatic carbocycles. The molecule has 0 amide bonds. The lowest BCUT2D eigenvalue weighted by Gasteiger charge is -2.31. The Labute approximate surface area is 193 Å². The van der Waals surface area contributed by atoms with Crippen LogP contribution in [0.2, 0.25) is 0 Å². The van der Waals surface area contributed by atoms with Gasteiger partial charge in [0.05, 0.1) is 25.2 Å². The van der Waals surface area contributed by atoms with Crippen LogP contribution in [0.15, 0.2) is 46.7 Å². The number of rotatable bonds is 6. The Morgan fingerprint density at radius 3 is 2.47 bits per heavy atom. The van der Waals surface area contributed by atoms with Crippen molar-refractivity contribution in [2.75, 3.05) is 32.2 Å². The highest BCUT2D eigenvalue weighted by Gasteiger charge is 2.34. The first-order valence-corrected chi connectivity index (χ1v) is 13.0. The van der Waals surface area contributed by atoms with E-state index in [1.165, 1.54) is 25.3 Å². The van der Waals surface area contributed by atoms with Gasteiger partial charge in [0.25, 0.3) is 0 Å². The van der Waals surface area contributed by atoms with E-state index in [1.807, 2.05) is 0 Å². The predicted molar refractivity (Wildman–Crippen MR) is 129 cm³/mol. The van der Waals surface area contributed by atoms with Gasteiger partial charge in [0.2, 0.25) is 0 Å². The fourth-order valence-corrected chi connectivity index (χ4v) is 6.87. The van der Waals surface area contributed by atoms with Gasteiger partial charge < -0.3 is 14.4 Å². The molecule has 3 aromatic rings. The summed E-state index contributed by atoms with van der Waals surface area (Å²) in [4.78, 5) is 7.25. The van der Waals surface area contributed by atoms with Gasteiger partial charge >= 0.3 is 0 Å². The van der Waals surface area contributed by atoms with Gasteiger partial charge in [0.1, 0.15) is 16.4 Å². The summed E-state index contributed by atoms with van der Waals surface area (Å²) in [6.45, 7) is 5.47. The van der Waals surface area contributed by atoms with E-state index in [4.69, 9.17) is 14.5 Å². The molecule has 32 heavy (non-hydrogen) atoms. The lowest BCUT2D eigenvalue weighted by Crippen LogP contribution is -2.39. The topological polar surface area (TPSA) is 68.7 Å². The van der Waals surface area contributed by atoms with Crippen molar-refractivity contribution >= 4 is 26.3 Å². The van der Waals surface area contributed by atoms with Gasteiger partial charge in [-0.3, -0.25) is 0 Å². The van der Waals surface area contributed by atoms with Gasteiger partial charge in [0.15, 0.2) is 15.0 Å². The van der Waals surface area contributed by atoms with Crippen LogP contribution >= 0.6 is 11.3 Å². The first-order valence-electron chi connectivity index (χ1n) is 10.6. The van der Waals surface area contributed by atoms with E-state index in [-0.39, 0.29) is 4.90 Å². The van der Waals surface area contributed by atoms with Gasteiger partial charge in [-0.05, 0) is 50.5 Å². The molecule has 1 fully saturated rings. The van der Waals surface area contributed by atoms with Crippen molar-refractivity contribution in [1.82, 2.24) is 4.98 Å². The number of aromatic nitrogens is 1. The molecule has 0 aliphatic carbocycles. The maximum Gasteiger partial charge on any atom is 0.185 e. The summed E-state index contributed by atoms with van der Waals surface area (Å²) in [7, 11) is -0.529. The fraction of sp³-hybridized carbons (Fsp3) is 0.375. The van der Waals surface area contributed by atoms with Crippen LogP contribution in [-0.4, -0.2) is 46.0 Å². The first-order chi connectivity index (χ1) is 15.3. The number of hydrogen-bond donors (Lipinski definition) is 0. The molecule has 0 bridgehead atoms. The normalized spacial score (nSPS) is 15.1. The van der Waals surface area contributed by atoms with E-state index >= 15 is 0 Å². The number of piperidine rings is 1. The summed E-state index contributed by atoms with van der Waals surface area (Å²) in [6, 6.07) is 11.3. The molecule has 1 aromatic heterocycles. The third kappa shape index (κ3) is 4.34. The molecule has 0 N–H and O–H groups in total. The molecule has 0 unspecified atom stereocenters. The molecule has 0 spiro atoms. The van der Waals surface area contributed by atoms with Crippen LogP contribution in [0.3, 0.4) is 0 Å². The fourth-order valence-electron chi connectivity index (χ4n) is 4.09. The smallest absolute Gasteiger partial charge is 0.185 e. The third-order valence-electron chi connectivity index (χ3n) is 5.99. The van der Waals surface area contributed by atoms with Crippen LogP contribution in [0.5, 0.6) is 11.5 Å². The molecule has 2 heterocycles. The number of ether oxygens (including phenoxy) is 2. The van der Waals surface area contributed by atoms with Gasteiger partial charge in [-0.15, -0.1) is 11.3 Å². The van der Waals surface area contributed by atoms with Crippen molar-refractivity contribution < 1.29 is 17.9 Å². The maximum atomic E-state index is 13.4. The zero-order valence-corrected chi connectivity index (χ0v) is 20.4. The molecule has 0 radical (unpaired) electrons. The van der Waals surface area contributed by atoms with Crippen molar-refractivity contribution in [2.24, 2.45) is 0 Å².